The molecule has 7 heteroatoms. The summed E-state index contributed by atoms with van der Waals surface area (Å²) in [5, 5.41) is 7.83. The van der Waals surface area contributed by atoms with E-state index in [4.69, 9.17) is 5.14 Å². The summed E-state index contributed by atoms with van der Waals surface area (Å²) in [5.74, 6) is 0.402. The molecule has 19 heavy (non-hydrogen) atoms. The van der Waals surface area contributed by atoms with Crippen molar-refractivity contribution >= 4 is 37.5 Å². The lowest BCUT2D eigenvalue weighted by atomic mass is 10.1. The molecule has 1 aliphatic rings. The number of benzene rings is 1. The van der Waals surface area contributed by atoms with Crippen molar-refractivity contribution in [3.05, 3.63) is 22.7 Å². The molecule has 1 aliphatic carbocycles. The Balaban J connectivity index is 2.15. The Hall–Kier alpha value is -0.920. The molecule has 1 unspecified atom stereocenters. The fraction of sp³-hybridized carbons (Fsp3) is 0.417. The van der Waals surface area contributed by atoms with Crippen LogP contribution in [0.5, 0.6) is 0 Å². The zero-order valence-corrected chi connectivity index (χ0v) is 12.8. The lowest BCUT2D eigenvalue weighted by Gasteiger charge is -2.12. The van der Waals surface area contributed by atoms with Crippen molar-refractivity contribution in [1.82, 2.24) is 0 Å². The molecule has 1 saturated carbocycles. The van der Waals surface area contributed by atoms with Crippen LogP contribution in [-0.2, 0) is 14.8 Å². The van der Waals surface area contributed by atoms with Crippen molar-refractivity contribution in [3.63, 3.8) is 0 Å². The molecule has 3 N–H and O–H groups in total. The summed E-state index contributed by atoms with van der Waals surface area (Å²) in [6.07, 6.45) is 2.19. The molecule has 0 spiro atoms. The number of hydrogen-bond donors (Lipinski definition) is 2. The number of amides is 1. The van der Waals surface area contributed by atoms with Crippen molar-refractivity contribution in [1.29, 1.82) is 0 Å². The normalized spacial score (nSPS) is 17.0. The van der Waals surface area contributed by atoms with E-state index in [0.717, 1.165) is 12.8 Å². The largest absolute Gasteiger partial charge is 0.325 e. The van der Waals surface area contributed by atoms with Gasteiger partial charge in [0.25, 0.3) is 0 Å². The Bertz CT molecular complexity index is 611. The van der Waals surface area contributed by atoms with Crippen LogP contribution in [0, 0.1) is 11.8 Å². The molecule has 0 bridgehead atoms. The Kier molecular flexibility index (Phi) is 3.98. The van der Waals surface area contributed by atoms with E-state index in [0.29, 0.717) is 16.1 Å². The predicted molar refractivity (Wildman–Crippen MR) is 76.0 cm³/mol. The number of halogens is 1. The topological polar surface area (TPSA) is 89.3 Å². The molecule has 0 saturated heterocycles. The van der Waals surface area contributed by atoms with Crippen LogP contribution in [0.3, 0.4) is 0 Å². The van der Waals surface area contributed by atoms with Gasteiger partial charge in [0.2, 0.25) is 15.9 Å². The molecule has 0 heterocycles. The van der Waals surface area contributed by atoms with Gasteiger partial charge in [0.05, 0.1) is 10.6 Å². The zero-order valence-electron chi connectivity index (χ0n) is 10.4. The standard InChI is InChI=1S/C12H15BrN2O3S/c1-7(8-2-3-8)12(16)15-11-5-4-9(6-10(11)13)19(14,17)18/h4-8H,2-3H2,1H3,(H,15,16)(H2,14,17,18). The van der Waals surface area contributed by atoms with Crippen LogP contribution in [0.25, 0.3) is 0 Å². The third-order valence-electron chi connectivity index (χ3n) is 3.27. The van der Waals surface area contributed by atoms with Crippen LogP contribution in [0.4, 0.5) is 5.69 Å². The molecular weight excluding hydrogens is 332 g/mol. The van der Waals surface area contributed by atoms with Gasteiger partial charge in [-0.3, -0.25) is 4.79 Å². The third kappa shape index (κ3) is 3.55. The van der Waals surface area contributed by atoms with Crippen LogP contribution >= 0.6 is 15.9 Å². The molecule has 2 rings (SSSR count). The minimum atomic E-state index is -3.73. The van der Waals surface area contributed by atoms with Crippen molar-refractivity contribution < 1.29 is 13.2 Å². The SMILES string of the molecule is CC(C(=O)Nc1ccc(S(N)(=O)=O)cc1Br)C1CC1. The molecule has 1 aromatic carbocycles. The van der Waals surface area contributed by atoms with Crippen LogP contribution in [0.15, 0.2) is 27.6 Å². The van der Waals surface area contributed by atoms with Crippen molar-refractivity contribution in [3.8, 4) is 0 Å². The molecule has 0 aliphatic heterocycles. The average molecular weight is 347 g/mol. The molecule has 5 nitrogen and oxygen atoms in total. The van der Waals surface area contributed by atoms with E-state index in [1.54, 1.807) is 0 Å². The van der Waals surface area contributed by atoms with Gasteiger partial charge in [-0.05, 0) is 52.9 Å². The smallest absolute Gasteiger partial charge is 0.238 e. The number of carbonyl (C=O) groups excluding carboxylic acids is 1. The van der Waals surface area contributed by atoms with E-state index >= 15 is 0 Å². The second kappa shape index (κ2) is 5.22. The van der Waals surface area contributed by atoms with Crippen LogP contribution in [0.1, 0.15) is 19.8 Å². The minimum Gasteiger partial charge on any atom is -0.325 e. The maximum atomic E-state index is 12.0. The quantitative estimate of drug-likeness (QED) is 0.874. The van der Waals surface area contributed by atoms with Crippen molar-refractivity contribution in [2.24, 2.45) is 17.0 Å². The molecule has 104 valence electrons. The molecular formula is C12H15BrN2O3S. The maximum absolute atomic E-state index is 12.0. The van der Waals surface area contributed by atoms with Gasteiger partial charge < -0.3 is 5.32 Å². The lowest BCUT2D eigenvalue weighted by molar-refractivity contribution is -0.119. The highest BCUT2D eigenvalue weighted by Crippen LogP contribution is 2.37. The highest BCUT2D eigenvalue weighted by atomic mass is 79.9. The fourth-order valence-electron chi connectivity index (χ4n) is 1.83. The number of sulfonamides is 1. The Morgan fingerprint density at radius 3 is 2.58 bits per heavy atom. The zero-order chi connectivity index (χ0) is 14.2. The van der Waals surface area contributed by atoms with Crippen LogP contribution in [0.2, 0.25) is 0 Å². The summed E-state index contributed by atoms with van der Waals surface area (Å²) in [5.41, 5.74) is 0.546. The summed E-state index contributed by atoms with van der Waals surface area (Å²) in [4.78, 5) is 12.0. The minimum absolute atomic E-state index is 0.00705. The van der Waals surface area contributed by atoms with E-state index < -0.39 is 10.0 Å². The van der Waals surface area contributed by atoms with E-state index in [2.05, 4.69) is 21.2 Å². The molecule has 1 amide bonds. The Morgan fingerprint density at radius 2 is 2.11 bits per heavy atom. The van der Waals surface area contributed by atoms with Gasteiger partial charge in [0.1, 0.15) is 0 Å². The van der Waals surface area contributed by atoms with Gasteiger partial charge in [0.15, 0.2) is 0 Å². The molecule has 1 fully saturated rings. The van der Waals surface area contributed by atoms with Crippen LogP contribution in [-0.4, -0.2) is 14.3 Å². The maximum Gasteiger partial charge on any atom is 0.238 e. The van der Waals surface area contributed by atoms with E-state index in [-0.39, 0.29) is 16.7 Å². The monoisotopic (exact) mass is 346 g/mol. The summed E-state index contributed by atoms with van der Waals surface area (Å²) in [6, 6.07) is 4.28. The van der Waals surface area contributed by atoms with Gasteiger partial charge >= 0.3 is 0 Å². The van der Waals surface area contributed by atoms with Crippen molar-refractivity contribution in [2.45, 2.75) is 24.7 Å². The Labute approximate surface area is 120 Å². The fourth-order valence-corrected chi connectivity index (χ4v) is 3.00. The summed E-state index contributed by atoms with van der Waals surface area (Å²) < 4.78 is 22.9. The van der Waals surface area contributed by atoms with Gasteiger partial charge in [0, 0.05) is 10.4 Å². The number of rotatable bonds is 4. The Morgan fingerprint density at radius 1 is 1.47 bits per heavy atom. The average Bonchev–Trinajstić information content (AvgIpc) is 3.13. The molecule has 1 atom stereocenters. The number of nitrogens with two attached hydrogens (primary N) is 1. The van der Waals surface area contributed by atoms with Crippen LogP contribution < -0.4 is 10.5 Å². The predicted octanol–water partition coefficient (Wildman–Crippen LogP) is 2.08. The van der Waals surface area contributed by atoms with E-state index in [1.165, 1.54) is 18.2 Å². The summed E-state index contributed by atoms with van der Waals surface area (Å²) in [7, 11) is -3.73. The van der Waals surface area contributed by atoms with Gasteiger partial charge in [-0.25, -0.2) is 13.6 Å². The van der Waals surface area contributed by atoms with E-state index in [1.807, 2.05) is 6.92 Å². The lowest BCUT2D eigenvalue weighted by Crippen LogP contribution is -2.22. The highest BCUT2D eigenvalue weighted by Gasteiger charge is 2.32. The van der Waals surface area contributed by atoms with E-state index in [9.17, 15) is 13.2 Å². The third-order valence-corrected chi connectivity index (χ3v) is 4.84. The van der Waals surface area contributed by atoms with Gasteiger partial charge in [-0.2, -0.15) is 0 Å². The van der Waals surface area contributed by atoms with Crippen molar-refractivity contribution in [2.75, 3.05) is 5.32 Å². The highest BCUT2D eigenvalue weighted by molar-refractivity contribution is 9.10. The molecule has 0 aromatic heterocycles. The first-order chi connectivity index (χ1) is 8.79. The second-order valence-corrected chi connectivity index (χ2v) is 7.22. The first-order valence-corrected chi connectivity index (χ1v) is 8.26. The first kappa shape index (κ1) is 14.5. The molecule has 1 aromatic rings. The van der Waals surface area contributed by atoms with Gasteiger partial charge in [-0.1, -0.05) is 6.92 Å². The number of anilines is 1. The summed E-state index contributed by atoms with van der Waals surface area (Å²) >= 11 is 3.24. The van der Waals surface area contributed by atoms with Gasteiger partial charge in [-0.15, -0.1) is 0 Å². The number of primary sulfonamides is 1. The second-order valence-electron chi connectivity index (χ2n) is 4.80. The molecule has 0 radical (unpaired) electrons. The summed E-state index contributed by atoms with van der Waals surface area (Å²) in [6.45, 7) is 1.90. The number of nitrogens with one attached hydrogen (secondary N) is 1. The number of carbonyl (C=O) groups is 1. The first-order valence-electron chi connectivity index (χ1n) is 5.92. The number of hydrogen-bond acceptors (Lipinski definition) is 3.